The number of nitrogens with zero attached hydrogens (tertiary/aromatic N) is 5. The minimum atomic E-state index is 0.107. The number of carbonyl (C=O) groups is 1. The lowest BCUT2D eigenvalue weighted by molar-refractivity contribution is -0.129. The summed E-state index contributed by atoms with van der Waals surface area (Å²) in [6.45, 7) is 5.85. The molecule has 0 saturated carbocycles. The standard InChI is InChI=1S/C21H25N5O2/c1-15(2)28-18-6-4-5-16-13-23-26(19(16)12-18)17-7-8-22-20(11-17)25-10-9-24(3)21(27)14-25/h4,6-8,11-13,15H,5,9-10,14H2,1-3H3. The molecule has 2 aromatic rings. The van der Waals surface area contributed by atoms with Crippen molar-refractivity contribution in [3.8, 4) is 5.69 Å². The smallest absolute Gasteiger partial charge is 0.241 e. The molecule has 0 radical (unpaired) electrons. The third-order valence-corrected chi connectivity index (χ3v) is 4.91. The zero-order chi connectivity index (χ0) is 19.7. The van der Waals surface area contributed by atoms with E-state index in [0.717, 1.165) is 41.5 Å². The molecular weight excluding hydrogens is 354 g/mol. The molecule has 1 amide bonds. The van der Waals surface area contributed by atoms with Crippen molar-refractivity contribution in [1.29, 1.82) is 0 Å². The number of anilines is 1. The summed E-state index contributed by atoms with van der Waals surface area (Å²) in [5, 5.41) is 4.60. The van der Waals surface area contributed by atoms with E-state index in [1.165, 1.54) is 0 Å². The number of rotatable bonds is 4. The van der Waals surface area contributed by atoms with Crippen molar-refractivity contribution >= 4 is 17.8 Å². The third kappa shape index (κ3) is 3.65. The molecule has 2 aromatic heterocycles. The SMILES string of the molecule is CC(C)OC1=Cc2c(cnn2-c2ccnc(N3CCN(C)C(=O)C3)c2)CC=C1. The predicted molar refractivity (Wildman–Crippen MR) is 108 cm³/mol. The lowest BCUT2D eigenvalue weighted by atomic mass is 10.2. The number of piperazine rings is 1. The third-order valence-electron chi connectivity index (χ3n) is 4.91. The average molecular weight is 379 g/mol. The van der Waals surface area contributed by atoms with Crippen LogP contribution in [0.2, 0.25) is 0 Å². The fourth-order valence-corrected chi connectivity index (χ4v) is 3.41. The quantitative estimate of drug-likeness (QED) is 0.816. The molecule has 1 fully saturated rings. The van der Waals surface area contributed by atoms with E-state index in [0.29, 0.717) is 13.1 Å². The second kappa shape index (κ2) is 7.50. The first-order valence-electron chi connectivity index (χ1n) is 9.58. The summed E-state index contributed by atoms with van der Waals surface area (Å²) < 4.78 is 7.81. The van der Waals surface area contributed by atoms with Crippen molar-refractivity contribution in [2.24, 2.45) is 0 Å². The van der Waals surface area contributed by atoms with E-state index in [-0.39, 0.29) is 12.0 Å². The van der Waals surface area contributed by atoms with E-state index < -0.39 is 0 Å². The zero-order valence-electron chi connectivity index (χ0n) is 16.5. The molecule has 7 heteroatoms. The molecule has 0 bridgehead atoms. The number of allylic oxidation sites excluding steroid dienone is 2. The number of pyridine rings is 1. The Bertz CT molecular complexity index is 944. The number of hydrogen-bond donors (Lipinski definition) is 0. The fourth-order valence-electron chi connectivity index (χ4n) is 3.41. The molecule has 7 nitrogen and oxygen atoms in total. The molecular formula is C21H25N5O2. The number of hydrogen-bond acceptors (Lipinski definition) is 5. The second-order valence-corrected chi connectivity index (χ2v) is 7.40. The van der Waals surface area contributed by atoms with E-state index in [9.17, 15) is 4.79 Å². The van der Waals surface area contributed by atoms with Crippen LogP contribution in [-0.4, -0.2) is 58.4 Å². The Kier molecular flexibility index (Phi) is 4.90. The van der Waals surface area contributed by atoms with Gasteiger partial charge in [-0.2, -0.15) is 5.10 Å². The van der Waals surface area contributed by atoms with Crippen molar-refractivity contribution in [2.75, 3.05) is 31.6 Å². The van der Waals surface area contributed by atoms with E-state index in [4.69, 9.17) is 4.74 Å². The van der Waals surface area contributed by atoms with Gasteiger partial charge in [0.1, 0.15) is 11.6 Å². The lowest BCUT2D eigenvalue weighted by Crippen LogP contribution is -2.48. The van der Waals surface area contributed by atoms with Crippen LogP contribution in [0.4, 0.5) is 5.82 Å². The number of fused-ring (bicyclic) bond motifs is 1. The van der Waals surface area contributed by atoms with Crippen LogP contribution in [0.3, 0.4) is 0 Å². The topological polar surface area (TPSA) is 63.5 Å². The maximum absolute atomic E-state index is 12.1. The number of amides is 1. The molecule has 3 heterocycles. The van der Waals surface area contributed by atoms with E-state index in [2.05, 4.69) is 16.2 Å². The molecule has 0 atom stereocenters. The molecule has 0 aromatic carbocycles. The normalized spacial score (nSPS) is 16.9. The van der Waals surface area contributed by atoms with Crippen LogP contribution in [-0.2, 0) is 16.0 Å². The maximum Gasteiger partial charge on any atom is 0.241 e. The molecule has 28 heavy (non-hydrogen) atoms. The summed E-state index contributed by atoms with van der Waals surface area (Å²) in [5.74, 6) is 1.72. The highest BCUT2D eigenvalue weighted by atomic mass is 16.5. The Labute approximate surface area is 164 Å². The summed E-state index contributed by atoms with van der Waals surface area (Å²) in [6.07, 6.45) is 10.7. The molecule has 0 unspecified atom stereocenters. The highest BCUT2D eigenvalue weighted by molar-refractivity contribution is 5.82. The summed E-state index contributed by atoms with van der Waals surface area (Å²) in [7, 11) is 1.83. The predicted octanol–water partition coefficient (Wildman–Crippen LogP) is 2.42. The summed E-state index contributed by atoms with van der Waals surface area (Å²) in [6, 6.07) is 3.92. The largest absolute Gasteiger partial charge is 0.491 e. The van der Waals surface area contributed by atoms with Gasteiger partial charge < -0.3 is 14.5 Å². The molecule has 0 N–H and O–H groups in total. The van der Waals surface area contributed by atoms with Crippen LogP contribution in [0.5, 0.6) is 0 Å². The van der Waals surface area contributed by atoms with Gasteiger partial charge in [-0.15, -0.1) is 0 Å². The lowest BCUT2D eigenvalue weighted by Gasteiger charge is -2.32. The monoisotopic (exact) mass is 379 g/mol. The number of carbonyl (C=O) groups excluding carboxylic acids is 1. The molecule has 1 aliphatic heterocycles. The van der Waals surface area contributed by atoms with Crippen molar-refractivity contribution in [1.82, 2.24) is 19.7 Å². The summed E-state index contributed by atoms with van der Waals surface area (Å²) in [5.41, 5.74) is 3.07. The van der Waals surface area contributed by atoms with Crippen LogP contribution < -0.4 is 4.90 Å². The molecule has 146 valence electrons. The molecule has 0 spiro atoms. The van der Waals surface area contributed by atoms with Gasteiger partial charge in [0, 0.05) is 44.0 Å². The van der Waals surface area contributed by atoms with Gasteiger partial charge in [0.15, 0.2) is 0 Å². The Morgan fingerprint density at radius 3 is 2.89 bits per heavy atom. The first-order chi connectivity index (χ1) is 13.5. The zero-order valence-corrected chi connectivity index (χ0v) is 16.5. The number of likely N-dealkylation sites (N-methyl/N-ethyl adjacent to an activating group) is 1. The maximum atomic E-state index is 12.1. The van der Waals surface area contributed by atoms with Crippen molar-refractivity contribution in [3.63, 3.8) is 0 Å². The molecule has 4 rings (SSSR count). The van der Waals surface area contributed by atoms with Crippen molar-refractivity contribution < 1.29 is 9.53 Å². The van der Waals surface area contributed by atoms with Crippen LogP contribution >= 0.6 is 0 Å². The Hall–Kier alpha value is -3.09. The first-order valence-corrected chi connectivity index (χ1v) is 9.58. The van der Waals surface area contributed by atoms with Crippen LogP contribution in [0.15, 0.2) is 42.4 Å². The second-order valence-electron chi connectivity index (χ2n) is 7.40. The van der Waals surface area contributed by atoms with Gasteiger partial charge in [-0.25, -0.2) is 9.67 Å². The summed E-state index contributed by atoms with van der Waals surface area (Å²) >= 11 is 0. The van der Waals surface area contributed by atoms with E-state index >= 15 is 0 Å². The van der Waals surface area contributed by atoms with Crippen molar-refractivity contribution in [2.45, 2.75) is 26.4 Å². The van der Waals surface area contributed by atoms with Gasteiger partial charge in [-0.1, -0.05) is 6.08 Å². The Morgan fingerprint density at radius 1 is 1.25 bits per heavy atom. The number of ether oxygens (including phenoxy) is 1. The number of aromatic nitrogens is 3. The van der Waals surface area contributed by atoms with Crippen LogP contribution in [0.25, 0.3) is 11.8 Å². The van der Waals surface area contributed by atoms with Crippen LogP contribution in [0.1, 0.15) is 25.1 Å². The van der Waals surface area contributed by atoms with Crippen molar-refractivity contribution in [3.05, 3.63) is 53.7 Å². The Balaban J connectivity index is 1.67. The minimum Gasteiger partial charge on any atom is -0.491 e. The molecule has 1 aliphatic carbocycles. The Morgan fingerprint density at radius 2 is 2.11 bits per heavy atom. The highest BCUT2D eigenvalue weighted by Crippen LogP contribution is 2.25. The summed E-state index contributed by atoms with van der Waals surface area (Å²) in [4.78, 5) is 20.3. The van der Waals surface area contributed by atoms with E-state index in [1.54, 1.807) is 11.1 Å². The van der Waals surface area contributed by atoms with Gasteiger partial charge in [0.25, 0.3) is 0 Å². The minimum absolute atomic E-state index is 0.107. The van der Waals surface area contributed by atoms with Gasteiger partial charge in [0.2, 0.25) is 5.91 Å². The van der Waals surface area contributed by atoms with E-state index in [1.807, 2.05) is 61.0 Å². The fraction of sp³-hybridized carbons (Fsp3) is 0.381. The van der Waals surface area contributed by atoms with Gasteiger partial charge in [-0.05, 0) is 32.4 Å². The first kappa shape index (κ1) is 18.3. The van der Waals surface area contributed by atoms with Crippen LogP contribution in [0, 0.1) is 0 Å². The average Bonchev–Trinajstić information content (AvgIpc) is 2.95. The van der Waals surface area contributed by atoms with Gasteiger partial charge in [0.05, 0.1) is 30.2 Å². The molecule has 2 aliphatic rings. The van der Waals surface area contributed by atoms with Gasteiger partial charge in [-0.3, -0.25) is 4.79 Å². The van der Waals surface area contributed by atoms with Gasteiger partial charge >= 0.3 is 0 Å². The highest BCUT2D eigenvalue weighted by Gasteiger charge is 2.22. The molecule has 1 saturated heterocycles.